The molecule has 0 fully saturated rings. The van der Waals surface area contributed by atoms with E-state index in [0.29, 0.717) is 4.47 Å². The molecule has 2 aromatic carbocycles. The molecule has 3 N–H and O–H groups in total. The van der Waals surface area contributed by atoms with E-state index in [1.54, 1.807) is 24.3 Å². The van der Waals surface area contributed by atoms with E-state index in [1.165, 1.54) is 42.7 Å². The maximum Gasteiger partial charge on any atom is 0.416 e. The van der Waals surface area contributed by atoms with Crippen molar-refractivity contribution in [3.05, 3.63) is 106 Å². The molecule has 0 saturated carbocycles. The average molecular weight is 539 g/mol. The van der Waals surface area contributed by atoms with Gasteiger partial charge < -0.3 is 5.32 Å². The van der Waals surface area contributed by atoms with Gasteiger partial charge in [-0.25, -0.2) is 20.8 Å². The number of anilines is 1. The Balaban J connectivity index is 2.25. The Hall–Kier alpha value is -3.21. The lowest BCUT2D eigenvalue weighted by atomic mass is 9.98. The van der Waals surface area contributed by atoms with Gasteiger partial charge in [0.1, 0.15) is 5.82 Å². The van der Waals surface area contributed by atoms with Crippen LogP contribution in [0.4, 0.5) is 19.1 Å². The van der Waals surface area contributed by atoms with Gasteiger partial charge in [-0.2, -0.15) is 13.2 Å². The molecule has 0 aliphatic carbocycles. The molecule has 0 atom stereocenters. The second-order valence-electron chi connectivity index (χ2n) is 6.56. The molecule has 1 aromatic heterocycles. The molecule has 3 aromatic rings. The molecule has 0 spiro atoms. The Morgan fingerprint density at radius 1 is 1.06 bits per heavy atom. The maximum absolute atomic E-state index is 13.8. The Kier molecular flexibility index (Phi) is 7.52. The number of benzene rings is 2. The summed E-state index contributed by atoms with van der Waals surface area (Å²) in [5.74, 6) is 4.76. The zero-order chi connectivity index (χ0) is 24.2. The number of nitrogens with two attached hydrogens (primary N) is 1. The van der Waals surface area contributed by atoms with Crippen LogP contribution < -0.4 is 16.2 Å². The smallest absolute Gasteiger partial charge is 0.306 e. The van der Waals surface area contributed by atoms with Crippen LogP contribution in [0.15, 0.2) is 89.4 Å². The van der Waals surface area contributed by atoms with Crippen molar-refractivity contribution in [2.45, 2.75) is 6.18 Å². The third kappa shape index (κ3) is 5.78. The Morgan fingerprint density at radius 3 is 2.24 bits per heavy atom. The lowest BCUT2D eigenvalue weighted by Crippen LogP contribution is -2.42. The SMILES string of the molecule is C=C(/C(=C(/NC(=O)c1ccccc1Cl)N(N)c1ncccn1)c1ccc(Br)cc1)C(F)(F)F. The monoisotopic (exact) mass is 537 g/mol. The highest BCUT2D eigenvalue weighted by molar-refractivity contribution is 9.10. The quantitative estimate of drug-likeness (QED) is 0.246. The van der Waals surface area contributed by atoms with Gasteiger partial charge in [-0.1, -0.05) is 58.4 Å². The second kappa shape index (κ2) is 10.2. The van der Waals surface area contributed by atoms with Gasteiger partial charge in [0.2, 0.25) is 5.95 Å². The summed E-state index contributed by atoms with van der Waals surface area (Å²) in [6.07, 6.45) is -2.12. The summed E-state index contributed by atoms with van der Waals surface area (Å²) >= 11 is 9.35. The van der Waals surface area contributed by atoms with Gasteiger partial charge in [-0.3, -0.25) is 4.79 Å². The van der Waals surface area contributed by atoms with Crippen LogP contribution >= 0.6 is 27.5 Å². The van der Waals surface area contributed by atoms with Gasteiger partial charge in [-0.05, 0) is 35.9 Å². The van der Waals surface area contributed by atoms with Crippen molar-refractivity contribution < 1.29 is 18.0 Å². The van der Waals surface area contributed by atoms with Crippen molar-refractivity contribution in [2.75, 3.05) is 5.01 Å². The molecule has 0 bridgehead atoms. The summed E-state index contributed by atoms with van der Waals surface area (Å²) in [7, 11) is 0. The van der Waals surface area contributed by atoms with Gasteiger partial charge in [0.25, 0.3) is 5.91 Å². The van der Waals surface area contributed by atoms with E-state index in [1.807, 2.05) is 0 Å². The zero-order valence-electron chi connectivity index (χ0n) is 16.8. The minimum absolute atomic E-state index is 0.0341. The number of rotatable bonds is 6. The van der Waals surface area contributed by atoms with E-state index in [0.717, 1.165) is 5.01 Å². The fourth-order valence-electron chi connectivity index (χ4n) is 2.79. The molecule has 33 heavy (non-hydrogen) atoms. The van der Waals surface area contributed by atoms with Gasteiger partial charge >= 0.3 is 6.18 Å². The standard InChI is InChI=1S/C22H16BrClF3N5O/c1-13(22(25,26)27)18(14-7-9-15(23)10-8-14)19(32(28)21-29-11-4-12-30-21)31-20(33)16-5-2-3-6-17(16)24/h2-12H,1,28H2,(H,31,33)/b19-18+. The molecule has 0 unspecified atom stereocenters. The van der Waals surface area contributed by atoms with Crippen molar-refractivity contribution in [3.8, 4) is 0 Å². The van der Waals surface area contributed by atoms with E-state index < -0.39 is 29.1 Å². The predicted octanol–water partition coefficient (Wildman–Crippen LogP) is 5.49. The van der Waals surface area contributed by atoms with Crippen LogP contribution in [0.1, 0.15) is 15.9 Å². The van der Waals surface area contributed by atoms with Crippen molar-refractivity contribution in [2.24, 2.45) is 5.84 Å². The van der Waals surface area contributed by atoms with Crippen LogP contribution in [-0.4, -0.2) is 22.1 Å². The molecule has 6 nitrogen and oxygen atoms in total. The summed E-state index contributed by atoms with van der Waals surface area (Å²) < 4.78 is 42.2. The number of aromatic nitrogens is 2. The Bertz CT molecular complexity index is 1200. The number of amides is 1. The number of nitrogens with zero attached hydrogens (tertiary/aromatic N) is 3. The molecular weight excluding hydrogens is 523 g/mol. The number of hydrazine groups is 1. The van der Waals surface area contributed by atoms with Crippen LogP contribution in [-0.2, 0) is 0 Å². The number of carbonyl (C=O) groups is 1. The highest BCUT2D eigenvalue weighted by atomic mass is 79.9. The predicted molar refractivity (Wildman–Crippen MR) is 124 cm³/mol. The maximum atomic E-state index is 13.8. The molecule has 170 valence electrons. The Labute approximate surface area is 200 Å². The summed E-state index contributed by atoms with van der Waals surface area (Å²) in [4.78, 5) is 20.9. The van der Waals surface area contributed by atoms with Crippen molar-refractivity contribution in [3.63, 3.8) is 0 Å². The van der Waals surface area contributed by atoms with E-state index in [2.05, 4.69) is 37.8 Å². The normalized spacial score (nSPS) is 12.1. The molecule has 11 heteroatoms. The molecule has 0 aliphatic rings. The first-order valence-electron chi connectivity index (χ1n) is 9.24. The zero-order valence-corrected chi connectivity index (χ0v) is 19.1. The molecule has 0 radical (unpaired) electrons. The number of hydrogen-bond acceptors (Lipinski definition) is 5. The molecular formula is C22H16BrClF3N5O. The van der Waals surface area contributed by atoms with Crippen molar-refractivity contribution >= 4 is 45.0 Å². The fraction of sp³-hybridized carbons (Fsp3) is 0.0455. The number of halogens is 5. The van der Waals surface area contributed by atoms with Gasteiger partial charge in [0, 0.05) is 22.4 Å². The lowest BCUT2D eigenvalue weighted by Gasteiger charge is -2.26. The second-order valence-corrected chi connectivity index (χ2v) is 7.88. The summed E-state index contributed by atoms with van der Waals surface area (Å²) in [5, 5.41) is 3.30. The van der Waals surface area contributed by atoms with Crippen LogP contribution in [0, 0.1) is 0 Å². The lowest BCUT2D eigenvalue weighted by molar-refractivity contribution is -0.0868. The topological polar surface area (TPSA) is 84.1 Å². The highest BCUT2D eigenvalue weighted by Crippen LogP contribution is 2.38. The van der Waals surface area contributed by atoms with Crippen molar-refractivity contribution in [1.82, 2.24) is 15.3 Å². The summed E-state index contributed by atoms with van der Waals surface area (Å²) in [5.41, 5.74) is -1.57. The van der Waals surface area contributed by atoms with E-state index in [9.17, 15) is 18.0 Å². The van der Waals surface area contributed by atoms with Gasteiger partial charge in [-0.15, -0.1) is 0 Å². The Morgan fingerprint density at radius 2 is 1.67 bits per heavy atom. The molecule has 1 heterocycles. The van der Waals surface area contributed by atoms with Crippen LogP contribution in [0.2, 0.25) is 5.02 Å². The van der Waals surface area contributed by atoms with E-state index in [4.69, 9.17) is 17.4 Å². The highest BCUT2D eigenvalue weighted by Gasteiger charge is 2.38. The largest absolute Gasteiger partial charge is 0.416 e. The first-order valence-corrected chi connectivity index (χ1v) is 10.4. The minimum Gasteiger partial charge on any atom is -0.306 e. The van der Waals surface area contributed by atoms with E-state index >= 15 is 0 Å². The first-order chi connectivity index (χ1) is 15.6. The number of hydrogen-bond donors (Lipinski definition) is 2. The van der Waals surface area contributed by atoms with Crippen LogP contribution in [0.5, 0.6) is 0 Å². The number of carbonyl (C=O) groups excluding carboxylic acids is 1. The molecule has 3 rings (SSSR count). The third-order valence-corrected chi connectivity index (χ3v) is 5.23. The number of alkyl halides is 3. The van der Waals surface area contributed by atoms with Crippen LogP contribution in [0.3, 0.4) is 0 Å². The first kappa shape index (κ1) is 24.4. The van der Waals surface area contributed by atoms with E-state index in [-0.39, 0.29) is 22.1 Å². The van der Waals surface area contributed by atoms with Gasteiger partial charge in [0.05, 0.1) is 16.2 Å². The minimum atomic E-state index is -4.83. The van der Waals surface area contributed by atoms with Crippen LogP contribution in [0.25, 0.3) is 5.57 Å². The third-order valence-electron chi connectivity index (χ3n) is 4.37. The summed E-state index contributed by atoms with van der Waals surface area (Å²) in [6, 6.07) is 13.5. The number of allylic oxidation sites excluding steroid dienone is 2. The molecule has 0 saturated heterocycles. The average Bonchev–Trinajstić information content (AvgIpc) is 2.79. The molecule has 1 amide bonds. The van der Waals surface area contributed by atoms with Gasteiger partial charge in [0.15, 0.2) is 0 Å². The summed E-state index contributed by atoms with van der Waals surface area (Å²) in [6.45, 7) is 3.22. The fourth-order valence-corrected chi connectivity index (χ4v) is 3.28. The van der Waals surface area contributed by atoms with Crippen molar-refractivity contribution in [1.29, 1.82) is 0 Å². The molecule has 0 aliphatic heterocycles. The number of nitrogens with one attached hydrogen (secondary N) is 1.